The molecule has 2 amide bonds. The van der Waals surface area contributed by atoms with Crippen molar-refractivity contribution in [2.45, 2.75) is 0 Å². The lowest BCUT2D eigenvalue weighted by Crippen LogP contribution is -2.28. The Morgan fingerprint density at radius 2 is 1.88 bits per heavy atom. The molecule has 0 aliphatic rings. The first kappa shape index (κ1) is 20.2. The number of anilines is 1. The summed E-state index contributed by atoms with van der Waals surface area (Å²) in [5.74, 6) is -1.39. The topological polar surface area (TPSA) is 109 Å². The number of carbonyl (C=O) groups excluding carboxylic acids is 2. The van der Waals surface area contributed by atoms with Crippen molar-refractivity contribution in [3.63, 3.8) is 0 Å². The van der Waals surface area contributed by atoms with Crippen LogP contribution >= 0.6 is 15.9 Å². The van der Waals surface area contributed by atoms with Crippen molar-refractivity contribution in [1.29, 1.82) is 0 Å². The van der Waals surface area contributed by atoms with Gasteiger partial charge in [0.2, 0.25) is 15.8 Å². The molecule has 0 atom stereocenters. The van der Waals surface area contributed by atoms with Crippen LogP contribution in [0.4, 0.5) is 5.69 Å². The second-order valence-corrected chi connectivity index (χ2v) is 8.27. The molecule has 0 unspecified atom stereocenters. The minimum Gasteiger partial charge on any atom is -0.450 e. The number of fused-ring (bicyclic) bond motifs is 1. The SMILES string of the molecule is CNC(=O)c1c(C(=O)N(C)OC)oc2cc(N(C)S(C)(=O)=O)c(Br)cc12. The summed E-state index contributed by atoms with van der Waals surface area (Å²) in [5.41, 5.74) is 0.520. The Balaban J connectivity index is 2.79. The Morgan fingerprint density at radius 1 is 1.27 bits per heavy atom. The summed E-state index contributed by atoms with van der Waals surface area (Å²) >= 11 is 3.31. The first-order valence-electron chi connectivity index (χ1n) is 7.27. The van der Waals surface area contributed by atoms with E-state index >= 15 is 0 Å². The first-order chi connectivity index (χ1) is 12.0. The Hall–Kier alpha value is -2.11. The Labute approximate surface area is 159 Å². The van der Waals surface area contributed by atoms with Crippen LogP contribution in [0.1, 0.15) is 20.9 Å². The van der Waals surface area contributed by atoms with Crippen LogP contribution in [0.5, 0.6) is 0 Å². The average Bonchev–Trinajstić information content (AvgIpc) is 2.95. The lowest BCUT2D eigenvalue weighted by molar-refractivity contribution is -0.0772. The fourth-order valence-corrected chi connectivity index (χ4v) is 3.49. The summed E-state index contributed by atoms with van der Waals surface area (Å²) in [4.78, 5) is 29.6. The number of hydrogen-bond donors (Lipinski definition) is 1. The molecule has 26 heavy (non-hydrogen) atoms. The van der Waals surface area contributed by atoms with Gasteiger partial charge in [0, 0.05) is 37.1 Å². The number of hydrogen-bond acceptors (Lipinski definition) is 6. The number of nitrogens with one attached hydrogen (secondary N) is 1. The molecule has 2 rings (SSSR count). The maximum atomic E-state index is 12.5. The molecule has 0 fully saturated rings. The second kappa shape index (κ2) is 7.25. The fourth-order valence-electron chi connectivity index (χ4n) is 2.25. The smallest absolute Gasteiger partial charge is 0.313 e. The Kier molecular flexibility index (Phi) is 5.64. The molecule has 0 saturated heterocycles. The highest BCUT2D eigenvalue weighted by Crippen LogP contribution is 2.36. The monoisotopic (exact) mass is 447 g/mol. The van der Waals surface area contributed by atoms with Crippen LogP contribution in [0.3, 0.4) is 0 Å². The minimum absolute atomic E-state index is 0.0330. The van der Waals surface area contributed by atoms with Crippen LogP contribution in [0.25, 0.3) is 11.0 Å². The van der Waals surface area contributed by atoms with E-state index < -0.39 is 21.8 Å². The number of benzene rings is 1. The summed E-state index contributed by atoms with van der Waals surface area (Å²) < 4.78 is 30.7. The quantitative estimate of drug-likeness (QED) is 0.696. The summed E-state index contributed by atoms with van der Waals surface area (Å²) in [6.45, 7) is 0. The van der Waals surface area contributed by atoms with Gasteiger partial charge < -0.3 is 9.73 Å². The van der Waals surface area contributed by atoms with Gasteiger partial charge in [-0.15, -0.1) is 0 Å². The van der Waals surface area contributed by atoms with Gasteiger partial charge >= 0.3 is 5.91 Å². The van der Waals surface area contributed by atoms with Gasteiger partial charge in [-0.3, -0.25) is 18.7 Å². The van der Waals surface area contributed by atoms with E-state index in [2.05, 4.69) is 21.2 Å². The molecule has 0 bridgehead atoms. The molecule has 0 aliphatic heterocycles. The summed E-state index contributed by atoms with van der Waals surface area (Å²) in [6, 6.07) is 2.97. The lowest BCUT2D eigenvalue weighted by Gasteiger charge is -2.18. The molecule has 0 saturated carbocycles. The standard InChI is InChI=1S/C15H18BrN3O6S/c1-17-14(20)12-8-6-9(16)10(19(3)26(5,22)23)7-11(8)25-13(12)15(21)18(2)24-4/h6-7H,1-5H3,(H,17,20). The second-order valence-electron chi connectivity index (χ2n) is 5.40. The minimum atomic E-state index is -3.52. The maximum absolute atomic E-state index is 12.5. The summed E-state index contributed by atoms with van der Waals surface area (Å²) in [7, 11) is 1.97. The zero-order valence-corrected chi connectivity index (χ0v) is 17.2. The molecular weight excluding hydrogens is 430 g/mol. The van der Waals surface area contributed by atoms with Gasteiger partial charge in [0.25, 0.3) is 5.91 Å². The first-order valence-corrected chi connectivity index (χ1v) is 9.91. The number of rotatable bonds is 5. The van der Waals surface area contributed by atoms with E-state index in [4.69, 9.17) is 9.25 Å². The highest BCUT2D eigenvalue weighted by atomic mass is 79.9. The third-order valence-electron chi connectivity index (χ3n) is 3.80. The van der Waals surface area contributed by atoms with Crippen molar-refractivity contribution in [2.75, 3.05) is 38.8 Å². The average molecular weight is 448 g/mol. The van der Waals surface area contributed by atoms with E-state index in [9.17, 15) is 18.0 Å². The Morgan fingerprint density at radius 3 is 2.38 bits per heavy atom. The number of amides is 2. The van der Waals surface area contributed by atoms with E-state index in [0.717, 1.165) is 15.6 Å². The number of hydroxylamine groups is 2. The molecule has 0 spiro atoms. The van der Waals surface area contributed by atoms with E-state index in [1.807, 2.05) is 0 Å². The highest BCUT2D eigenvalue weighted by Gasteiger charge is 2.29. The molecule has 11 heteroatoms. The predicted octanol–water partition coefficient (Wildman–Crippen LogP) is 1.58. The van der Waals surface area contributed by atoms with Crippen molar-refractivity contribution >= 4 is 54.4 Å². The van der Waals surface area contributed by atoms with Crippen LogP contribution in [0.2, 0.25) is 0 Å². The van der Waals surface area contributed by atoms with Crippen LogP contribution in [0, 0.1) is 0 Å². The van der Waals surface area contributed by atoms with Crippen molar-refractivity contribution < 1.29 is 27.3 Å². The van der Waals surface area contributed by atoms with E-state index in [-0.39, 0.29) is 16.9 Å². The van der Waals surface area contributed by atoms with Crippen LogP contribution < -0.4 is 9.62 Å². The molecule has 1 heterocycles. The predicted molar refractivity (Wildman–Crippen MR) is 99.7 cm³/mol. The number of nitrogens with zero attached hydrogens (tertiary/aromatic N) is 2. The van der Waals surface area contributed by atoms with Gasteiger partial charge in [-0.25, -0.2) is 13.5 Å². The molecule has 0 radical (unpaired) electrons. The van der Waals surface area contributed by atoms with Crippen LogP contribution in [-0.2, 0) is 14.9 Å². The van der Waals surface area contributed by atoms with Crippen molar-refractivity contribution in [3.8, 4) is 0 Å². The van der Waals surface area contributed by atoms with Gasteiger partial charge in [-0.2, -0.15) is 0 Å². The molecule has 1 N–H and O–H groups in total. The number of carbonyl (C=O) groups is 2. The van der Waals surface area contributed by atoms with Crippen molar-refractivity contribution in [3.05, 3.63) is 27.9 Å². The van der Waals surface area contributed by atoms with Gasteiger partial charge in [-0.1, -0.05) is 0 Å². The highest BCUT2D eigenvalue weighted by molar-refractivity contribution is 9.10. The third kappa shape index (κ3) is 3.55. The fraction of sp³-hybridized carbons (Fsp3) is 0.333. The molecule has 1 aromatic heterocycles. The largest absolute Gasteiger partial charge is 0.450 e. The number of furan rings is 1. The number of halogens is 1. The molecule has 2 aromatic rings. The number of sulfonamides is 1. The molecule has 0 aliphatic carbocycles. The Bertz CT molecular complexity index is 985. The van der Waals surface area contributed by atoms with Gasteiger partial charge in [-0.05, 0) is 22.0 Å². The van der Waals surface area contributed by atoms with Gasteiger partial charge in [0.05, 0.1) is 24.6 Å². The summed E-state index contributed by atoms with van der Waals surface area (Å²) in [6.07, 6.45) is 1.06. The molecule has 9 nitrogen and oxygen atoms in total. The molecule has 142 valence electrons. The van der Waals surface area contributed by atoms with Crippen LogP contribution in [0.15, 0.2) is 21.0 Å². The van der Waals surface area contributed by atoms with Crippen LogP contribution in [-0.4, -0.2) is 59.8 Å². The zero-order chi connectivity index (χ0) is 19.8. The van der Waals surface area contributed by atoms with Crippen molar-refractivity contribution in [2.24, 2.45) is 0 Å². The van der Waals surface area contributed by atoms with E-state index in [1.165, 1.54) is 40.4 Å². The molecule has 1 aromatic carbocycles. The normalized spacial score (nSPS) is 11.5. The van der Waals surface area contributed by atoms with E-state index in [1.54, 1.807) is 0 Å². The van der Waals surface area contributed by atoms with E-state index in [0.29, 0.717) is 15.5 Å². The lowest BCUT2D eigenvalue weighted by atomic mass is 10.1. The third-order valence-corrected chi connectivity index (χ3v) is 5.63. The zero-order valence-electron chi connectivity index (χ0n) is 14.8. The van der Waals surface area contributed by atoms with Gasteiger partial charge in [0.1, 0.15) is 5.58 Å². The molecular formula is C15H18BrN3O6S. The summed E-state index contributed by atoms with van der Waals surface area (Å²) in [5, 5.41) is 3.74. The van der Waals surface area contributed by atoms with Crippen molar-refractivity contribution in [1.82, 2.24) is 10.4 Å². The van der Waals surface area contributed by atoms with Gasteiger partial charge in [0.15, 0.2) is 0 Å². The maximum Gasteiger partial charge on any atom is 0.313 e.